The molecular formula is C17H18ClN7O. The van der Waals surface area contributed by atoms with E-state index in [1.807, 2.05) is 22.8 Å². The van der Waals surface area contributed by atoms with Crippen molar-refractivity contribution >= 4 is 17.5 Å². The number of aryl methyl sites for hydroxylation is 1. The molecule has 1 saturated heterocycles. The van der Waals surface area contributed by atoms with Crippen LogP contribution in [-0.2, 0) is 7.05 Å². The molecule has 1 aliphatic rings. The zero-order valence-electron chi connectivity index (χ0n) is 14.3. The van der Waals surface area contributed by atoms with Crippen LogP contribution in [0.4, 0.5) is 0 Å². The first-order chi connectivity index (χ1) is 12.6. The third kappa shape index (κ3) is 3.08. The topological polar surface area (TPSA) is 81.7 Å². The van der Waals surface area contributed by atoms with Crippen LogP contribution in [0.3, 0.4) is 0 Å². The number of carbonyl (C=O) groups is 1. The van der Waals surface area contributed by atoms with Gasteiger partial charge in [0.1, 0.15) is 6.33 Å². The van der Waals surface area contributed by atoms with Gasteiger partial charge in [-0.25, -0.2) is 0 Å². The van der Waals surface area contributed by atoms with E-state index in [1.165, 1.54) is 16.7 Å². The van der Waals surface area contributed by atoms with Crippen LogP contribution in [0, 0.1) is 0 Å². The summed E-state index contributed by atoms with van der Waals surface area (Å²) in [5.41, 5.74) is 2.34. The summed E-state index contributed by atoms with van der Waals surface area (Å²) in [7, 11) is 1.96. The summed E-state index contributed by atoms with van der Waals surface area (Å²) >= 11 is 6.13. The summed E-state index contributed by atoms with van der Waals surface area (Å²) in [6.07, 6.45) is 5.10. The van der Waals surface area contributed by atoms with Crippen molar-refractivity contribution in [3.63, 3.8) is 0 Å². The minimum absolute atomic E-state index is 0.0542. The van der Waals surface area contributed by atoms with Crippen LogP contribution in [-0.4, -0.2) is 53.9 Å². The summed E-state index contributed by atoms with van der Waals surface area (Å²) in [4.78, 5) is 15.0. The Morgan fingerprint density at radius 3 is 2.69 bits per heavy atom. The lowest BCUT2D eigenvalue weighted by molar-refractivity contribution is 0.0711. The predicted molar refractivity (Wildman–Crippen MR) is 95.3 cm³/mol. The van der Waals surface area contributed by atoms with Crippen molar-refractivity contribution in [2.45, 2.75) is 18.8 Å². The maximum absolute atomic E-state index is 13.1. The molecule has 0 unspecified atom stereocenters. The van der Waals surface area contributed by atoms with Crippen molar-refractivity contribution in [2.75, 3.05) is 13.1 Å². The molecule has 8 nitrogen and oxygen atoms in total. The highest BCUT2D eigenvalue weighted by Gasteiger charge is 2.27. The number of halogens is 1. The van der Waals surface area contributed by atoms with E-state index in [9.17, 15) is 4.79 Å². The van der Waals surface area contributed by atoms with Gasteiger partial charge in [-0.15, -0.1) is 5.10 Å². The Morgan fingerprint density at radius 2 is 2.04 bits per heavy atom. The second-order valence-corrected chi connectivity index (χ2v) is 6.80. The van der Waals surface area contributed by atoms with Gasteiger partial charge in [0.05, 0.1) is 11.3 Å². The molecule has 4 rings (SSSR count). The van der Waals surface area contributed by atoms with E-state index in [1.54, 1.807) is 18.2 Å². The quantitative estimate of drug-likeness (QED) is 0.704. The molecule has 1 amide bonds. The van der Waals surface area contributed by atoms with Crippen LogP contribution in [0.1, 0.15) is 34.8 Å². The van der Waals surface area contributed by atoms with Gasteiger partial charge in [-0.3, -0.25) is 9.48 Å². The van der Waals surface area contributed by atoms with Gasteiger partial charge in [0.15, 0.2) is 0 Å². The number of aromatic nitrogens is 6. The number of hydrogen-bond donors (Lipinski definition) is 0. The third-order valence-corrected chi connectivity index (χ3v) is 5.08. The van der Waals surface area contributed by atoms with Crippen molar-refractivity contribution in [3.8, 4) is 5.69 Å². The molecule has 0 N–H and O–H groups in total. The van der Waals surface area contributed by atoms with Crippen LogP contribution in [0.25, 0.3) is 5.69 Å². The summed E-state index contributed by atoms with van der Waals surface area (Å²) in [5, 5.41) is 15.9. The van der Waals surface area contributed by atoms with Crippen LogP contribution in [0.15, 0.2) is 36.8 Å². The highest BCUT2D eigenvalue weighted by atomic mass is 35.5. The molecule has 0 atom stereocenters. The Morgan fingerprint density at radius 1 is 1.23 bits per heavy atom. The average Bonchev–Trinajstić information content (AvgIpc) is 3.33. The number of benzene rings is 1. The molecule has 134 valence electrons. The zero-order valence-corrected chi connectivity index (χ0v) is 15.0. The first-order valence-electron chi connectivity index (χ1n) is 8.43. The molecule has 1 fully saturated rings. The van der Waals surface area contributed by atoms with E-state index in [-0.39, 0.29) is 5.91 Å². The van der Waals surface area contributed by atoms with Gasteiger partial charge in [-0.1, -0.05) is 11.6 Å². The molecular weight excluding hydrogens is 354 g/mol. The molecule has 1 aliphatic heterocycles. The first kappa shape index (κ1) is 16.7. The Kier molecular flexibility index (Phi) is 4.42. The number of likely N-dealkylation sites (tertiary alicyclic amines) is 1. The standard InChI is InChI=1S/C17H18ClN7O/c1-23-15(4-7-20-23)12-5-8-24(9-6-12)17(26)14-10-13(18)2-3-16(14)25-11-19-21-22-25/h2-4,7,10-12H,5-6,8-9H2,1H3. The van der Waals surface area contributed by atoms with Gasteiger partial charge in [0.25, 0.3) is 5.91 Å². The molecule has 3 heterocycles. The largest absolute Gasteiger partial charge is 0.339 e. The zero-order chi connectivity index (χ0) is 18.1. The highest BCUT2D eigenvalue weighted by Crippen LogP contribution is 2.29. The number of tetrazole rings is 1. The van der Waals surface area contributed by atoms with Gasteiger partial charge in [-0.2, -0.15) is 9.78 Å². The highest BCUT2D eigenvalue weighted by molar-refractivity contribution is 6.31. The van der Waals surface area contributed by atoms with Gasteiger partial charge in [0.2, 0.25) is 0 Å². The summed E-state index contributed by atoms with van der Waals surface area (Å²) in [6, 6.07) is 7.21. The average molecular weight is 372 g/mol. The van der Waals surface area contributed by atoms with Gasteiger partial charge in [-0.05, 0) is 47.5 Å². The van der Waals surface area contributed by atoms with E-state index < -0.39 is 0 Å². The van der Waals surface area contributed by atoms with Crippen molar-refractivity contribution < 1.29 is 4.79 Å². The Labute approximate surface area is 155 Å². The van der Waals surface area contributed by atoms with Gasteiger partial charge in [0, 0.05) is 43.0 Å². The molecule has 0 saturated carbocycles. The molecule has 26 heavy (non-hydrogen) atoms. The van der Waals surface area contributed by atoms with E-state index in [4.69, 9.17) is 11.6 Å². The molecule has 9 heteroatoms. The number of amides is 1. The lowest BCUT2D eigenvalue weighted by atomic mass is 9.93. The van der Waals surface area contributed by atoms with Crippen LogP contribution >= 0.6 is 11.6 Å². The van der Waals surface area contributed by atoms with Gasteiger partial charge < -0.3 is 4.90 Å². The van der Waals surface area contributed by atoms with E-state index in [0.29, 0.717) is 35.3 Å². The molecule has 0 spiro atoms. The molecule has 3 aromatic rings. The predicted octanol–water partition coefficient (Wildman–Crippen LogP) is 2.07. The number of rotatable bonds is 3. The molecule has 2 aromatic heterocycles. The fourth-order valence-corrected chi connectivity index (χ4v) is 3.66. The molecule has 0 bridgehead atoms. The minimum atomic E-state index is -0.0542. The number of nitrogens with zero attached hydrogens (tertiary/aromatic N) is 7. The second-order valence-electron chi connectivity index (χ2n) is 6.36. The Bertz CT molecular complexity index is 913. The minimum Gasteiger partial charge on any atom is -0.339 e. The van der Waals surface area contributed by atoms with Crippen molar-refractivity contribution in [3.05, 3.63) is 53.1 Å². The molecule has 1 aromatic carbocycles. The molecule has 0 radical (unpaired) electrons. The number of carbonyl (C=O) groups excluding carboxylic acids is 1. The SMILES string of the molecule is Cn1nccc1C1CCN(C(=O)c2cc(Cl)ccc2-n2cnnn2)CC1. The van der Waals surface area contributed by atoms with E-state index >= 15 is 0 Å². The normalized spacial score (nSPS) is 15.4. The second kappa shape index (κ2) is 6.87. The van der Waals surface area contributed by atoms with Crippen molar-refractivity contribution in [2.24, 2.45) is 7.05 Å². The van der Waals surface area contributed by atoms with Crippen LogP contribution in [0.2, 0.25) is 5.02 Å². The first-order valence-corrected chi connectivity index (χ1v) is 8.81. The van der Waals surface area contributed by atoms with E-state index in [0.717, 1.165) is 12.8 Å². The maximum Gasteiger partial charge on any atom is 0.256 e. The lowest BCUT2D eigenvalue weighted by Crippen LogP contribution is -2.38. The van der Waals surface area contributed by atoms with Crippen LogP contribution in [0.5, 0.6) is 0 Å². The van der Waals surface area contributed by atoms with Crippen LogP contribution < -0.4 is 0 Å². The number of piperidine rings is 1. The summed E-state index contributed by atoms with van der Waals surface area (Å²) in [5.74, 6) is 0.367. The fraction of sp³-hybridized carbons (Fsp3) is 0.353. The molecule has 0 aliphatic carbocycles. The van der Waals surface area contributed by atoms with E-state index in [2.05, 4.69) is 26.7 Å². The monoisotopic (exact) mass is 371 g/mol. The van der Waals surface area contributed by atoms with Gasteiger partial charge >= 0.3 is 0 Å². The Balaban J connectivity index is 1.54. The van der Waals surface area contributed by atoms with Crippen molar-refractivity contribution in [1.29, 1.82) is 0 Å². The lowest BCUT2D eigenvalue weighted by Gasteiger charge is -2.32. The summed E-state index contributed by atoms with van der Waals surface area (Å²) in [6.45, 7) is 1.38. The van der Waals surface area contributed by atoms with Crippen molar-refractivity contribution in [1.82, 2.24) is 34.9 Å². The summed E-state index contributed by atoms with van der Waals surface area (Å²) < 4.78 is 3.39. The Hall–Kier alpha value is -2.74. The maximum atomic E-state index is 13.1. The number of hydrogen-bond acceptors (Lipinski definition) is 5. The fourth-order valence-electron chi connectivity index (χ4n) is 3.48. The smallest absolute Gasteiger partial charge is 0.256 e. The third-order valence-electron chi connectivity index (χ3n) is 4.84.